The van der Waals surface area contributed by atoms with E-state index >= 15 is 0 Å². The lowest BCUT2D eigenvalue weighted by Gasteiger charge is -2.35. The molecular formula is C26H29FN4O5. The van der Waals surface area contributed by atoms with Gasteiger partial charge in [0.2, 0.25) is 17.7 Å². The zero-order valence-corrected chi connectivity index (χ0v) is 20.8. The Hall–Kier alpha value is -3.53. The van der Waals surface area contributed by atoms with E-state index < -0.39 is 58.2 Å². The second-order valence-corrected chi connectivity index (χ2v) is 10.9. The number of rotatable bonds is 5. The lowest BCUT2D eigenvalue weighted by molar-refractivity contribution is -0.145. The molecule has 4 heterocycles. The summed E-state index contributed by atoms with van der Waals surface area (Å²) in [6, 6.07) is 6.57. The lowest BCUT2D eigenvalue weighted by atomic mass is 9.70. The molecule has 10 heteroatoms. The number of nitrogens with one attached hydrogen (secondary N) is 2. The molecule has 190 valence electrons. The summed E-state index contributed by atoms with van der Waals surface area (Å²) in [5, 5.41) is 9.46. The molecule has 0 aliphatic carbocycles. The highest BCUT2D eigenvalue weighted by Crippen LogP contribution is 2.60. The van der Waals surface area contributed by atoms with E-state index in [9.17, 15) is 18.8 Å². The number of benzene rings is 1. The lowest BCUT2D eigenvalue weighted by Crippen LogP contribution is -2.57. The van der Waals surface area contributed by atoms with Gasteiger partial charge in [0.1, 0.15) is 23.2 Å². The SMILES string of the molecule is Cc1cc(NC(=O)[C@@H]2[C@@H]3C(=O)N(Cc4ccccc4F)[C@@H](C(=O)NC(C)(C)C)[C@@]34C=C[C@@]2(C)O4)no1. The van der Waals surface area contributed by atoms with Crippen LogP contribution in [0, 0.1) is 24.6 Å². The Kier molecular flexibility index (Phi) is 5.37. The number of amides is 3. The van der Waals surface area contributed by atoms with Crippen LogP contribution in [0.5, 0.6) is 0 Å². The second kappa shape index (κ2) is 7.99. The number of aryl methyl sites for hydroxylation is 1. The van der Waals surface area contributed by atoms with Crippen LogP contribution in [-0.4, -0.2) is 50.6 Å². The highest BCUT2D eigenvalue weighted by molar-refractivity contribution is 6.03. The van der Waals surface area contributed by atoms with Gasteiger partial charge in [-0.05, 0) is 40.7 Å². The molecule has 3 aliphatic heterocycles. The molecule has 2 saturated heterocycles. The summed E-state index contributed by atoms with van der Waals surface area (Å²) < 4.78 is 26.1. The van der Waals surface area contributed by atoms with Gasteiger partial charge in [0.05, 0.1) is 17.4 Å². The van der Waals surface area contributed by atoms with E-state index in [-0.39, 0.29) is 17.9 Å². The molecule has 1 spiro atoms. The van der Waals surface area contributed by atoms with Crippen molar-refractivity contribution in [3.05, 3.63) is 59.6 Å². The maximum absolute atomic E-state index is 14.6. The first-order valence-electron chi connectivity index (χ1n) is 11.9. The van der Waals surface area contributed by atoms with Crippen LogP contribution in [0.4, 0.5) is 10.2 Å². The quantitative estimate of drug-likeness (QED) is 0.616. The monoisotopic (exact) mass is 496 g/mol. The third kappa shape index (κ3) is 3.71. The van der Waals surface area contributed by atoms with Crippen molar-refractivity contribution in [2.24, 2.45) is 11.8 Å². The normalized spacial score (nSPS) is 30.6. The number of carbonyl (C=O) groups is 3. The molecule has 0 unspecified atom stereocenters. The minimum Gasteiger partial charge on any atom is -0.360 e. The van der Waals surface area contributed by atoms with Gasteiger partial charge < -0.3 is 24.8 Å². The van der Waals surface area contributed by atoms with E-state index in [2.05, 4.69) is 15.8 Å². The average Bonchev–Trinajstić information content (AvgIpc) is 3.46. The first kappa shape index (κ1) is 24.2. The number of aromatic nitrogens is 1. The molecule has 3 amide bonds. The molecule has 1 aromatic heterocycles. The third-order valence-corrected chi connectivity index (χ3v) is 7.00. The summed E-state index contributed by atoms with van der Waals surface area (Å²) in [5.74, 6) is -3.03. The van der Waals surface area contributed by atoms with E-state index in [1.807, 2.05) is 20.8 Å². The van der Waals surface area contributed by atoms with Crippen molar-refractivity contribution < 1.29 is 28.0 Å². The zero-order chi connectivity index (χ0) is 26.0. The number of hydrogen-bond acceptors (Lipinski definition) is 6. The Morgan fingerprint density at radius 2 is 1.92 bits per heavy atom. The van der Waals surface area contributed by atoms with Gasteiger partial charge in [-0.3, -0.25) is 14.4 Å². The molecule has 2 aromatic rings. The van der Waals surface area contributed by atoms with E-state index in [0.29, 0.717) is 5.76 Å². The van der Waals surface area contributed by atoms with Gasteiger partial charge in [-0.1, -0.05) is 35.5 Å². The largest absolute Gasteiger partial charge is 0.360 e. The number of likely N-dealkylation sites (tertiary alicyclic amines) is 1. The molecule has 36 heavy (non-hydrogen) atoms. The minimum absolute atomic E-state index is 0.142. The fourth-order valence-electron chi connectivity index (χ4n) is 5.68. The fraction of sp³-hybridized carbons (Fsp3) is 0.462. The first-order chi connectivity index (χ1) is 16.8. The number of carbonyl (C=O) groups excluding carboxylic acids is 3. The molecule has 2 N–H and O–H groups in total. The minimum atomic E-state index is -1.38. The van der Waals surface area contributed by atoms with Crippen LogP contribution in [0.3, 0.4) is 0 Å². The molecular weight excluding hydrogens is 467 g/mol. The number of fused-ring (bicyclic) bond motifs is 1. The Morgan fingerprint density at radius 1 is 1.19 bits per heavy atom. The smallest absolute Gasteiger partial charge is 0.246 e. The van der Waals surface area contributed by atoms with E-state index in [0.717, 1.165) is 0 Å². The van der Waals surface area contributed by atoms with Gasteiger partial charge in [0, 0.05) is 23.7 Å². The number of halogens is 1. The molecule has 3 aliphatic rings. The van der Waals surface area contributed by atoms with Crippen molar-refractivity contribution in [2.45, 2.75) is 63.9 Å². The summed E-state index contributed by atoms with van der Waals surface area (Å²) in [5.41, 5.74) is -2.83. The third-order valence-electron chi connectivity index (χ3n) is 7.00. The highest BCUT2D eigenvalue weighted by atomic mass is 19.1. The topological polar surface area (TPSA) is 114 Å². The van der Waals surface area contributed by atoms with Crippen LogP contribution in [0.1, 0.15) is 39.0 Å². The molecule has 5 atom stereocenters. The molecule has 0 saturated carbocycles. The van der Waals surface area contributed by atoms with Crippen LogP contribution in [-0.2, 0) is 25.7 Å². The maximum atomic E-state index is 14.6. The van der Waals surface area contributed by atoms with E-state index in [1.165, 1.54) is 11.0 Å². The van der Waals surface area contributed by atoms with Crippen molar-refractivity contribution >= 4 is 23.5 Å². The van der Waals surface area contributed by atoms with Crippen LogP contribution in [0.2, 0.25) is 0 Å². The van der Waals surface area contributed by atoms with Gasteiger partial charge in [-0.25, -0.2) is 4.39 Å². The standard InChI is InChI=1S/C26H29FN4O5/c1-14-12-17(30-35-14)28-21(32)18-19-23(34)31(13-15-8-6-7-9-16(15)27)20(22(33)29-24(2,3)4)26(19)11-10-25(18,5)36-26/h6-12,18-20H,13H2,1-5H3,(H,29,33)(H,28,30,32)/t18-,19+,20-,25+,26+/m0/s1. The number of ether oxygens (including phenoxy) is 1. The molecule has 5 rings (SSSR count). The Bertz CT molecular complexity index is 1280. The van der Waals surface area contributed by atoms with Gasteiger partial charge in [0.15, 0.2) is 5.82 Å². The predicted octanol–water partition coefficient (Wildman–Crippen LogP) is 2.72. The Labute approximate surface area is 208 Å². The average molecular weight is 497 g/mol. The number of anilines is 1. The van der Waals surface area contributed by atoms with Crippen LogP contribution in [0.15, 0.2) is 47.0 Å². The summed E-state index contributed by atoms with van der Waals surface area (Å²) in [6.07, 6.45) is 3.45. The highest BCUT2D eigenvalue weighted by Gasteiger charge is 2.76. The molecule has 2 bridgehead atoms. The van der Waals surface area contributed by atoms with Crippen LogP contribution in [0.25, 0.3) is 0 Å². The van der Waals surface area contributed by atoms with Gasteiger partial charge in [-0.15, -0.1) is 0 Å². The van der Waals surface area contributed by atoms with Crippen molar-refractivity contribution in [1.29, 1.82) is 0 Å². The van der Waals surface area contributed by atoms with Gasteiger partial charge in [-0.2, -0.15) is 0 Å². The van der Waals surface area contributed by atoms with Crippen molar-refractivity contribution in [3.8, 4) is 0 Å². The molecule has 9 nitrogen and oxygen atoms in total. The van der Waals surface area contributed by atoms with E-state index in [4.69, 9.17) is 9.26 Å². The van der Waals surface area contributed by atoms with Crippen LogP contribution < -0.4 is 10.6 Å². The number of nitrogens with zero attached hydrogens (tertiary/aromatic N) is 2. The summed E-state index contributed by atoms with van der Waals surface area (Å²) in [4.78, 5) is 42.5. The number of hydrogen-bond donors (Lipinski definition) is 2. The van der Waals surface area contributed by atoms with Crippen molar-refractivity contribution in [2.75, 3.05) is 5.32 Å². The molecule has 0 radical (unpaired) electrons. The maximum Gasteiger partial charge on any atom is 0.246 e. The summed E-state index contributed by atoms with van der Waals surface area (Å²) >= 11 is 0. The fourth-order valence-corrected chi connectivity index (χ4v) is 5.68. The summed E-state index contributed by atoms with van der Waals surface area (Å²) in [7, 11) is 0. The summed E-state index contributed by atoms with van der Waals surface area (Å²) in [6.45, 7) is 8.77. The first-order valence-corrected chi connectivity index (χ1v) is 11.9. The predicted molar refractivity (Wildman–Crippen MR) is 127 cm³/mol. The molecule has 2 fully saturated rings. The second-order valence-electron chi connectivity index (χ2n) is 10.9. The van der Waals surface area contributed by atoms with Gasteiger partial charge >= 0.3 is 0 Å². The van der Waals surface area contributed by atoms with Crippen molar-refractivity contribution in [3.63, 3.8) is 0 Å². The Morgan fingerprint density at radius 3 is 2.56 bits per heavy atom. The zero-order valence-electron chi connectivity index (χ0n) is 20.8. The van der Waals surface area contributed by atoms with E-state index in [1.54, 1.807) is 50.3 Å². The van der Waals surface area contributed by atoms with Crippen molar-refractivity contribution in [1.82, 2.24) is 15.4 Å². The molecule has 1 aromatic carbocycles. The van der Waals surface area contributed by atoms with Gasteiger partial charge in [0.25, 0.3) is 0 Å². The Balaban J connectivity index is 1.56. The van der Waals surface area contributed by atoms with Crippen LogP contribution >= 0.6 is 0 Å².